The number of thioether (sulfide) groups is 1. The van der Waals surface area contributed by atoms with Gasteiger partial charge in [-0.15, -0.1) is 0 Å². The van der Waals surface area contributed by atoms with Gasteiger partial charge in [0.15, 0.2) is 5.16 Å². The zero-order valence-corrected chi connectivity index (χ0v) is 15.0. The number of hydrogen-bond acceptors (Lipinski definition) is 8. The van der Waals surface area contributed by atoms with Crippen molar-refractivity contribution in [1.29, 1.82) is 0 Å². The summed E-state index contributed by atoms with van der Waals surface area (Å²) in [4.78, 5) is 13.4. The number of aromatic nitrogens is 2. The van der Waals surface area contributed by atoms with Gasteiger partial charge in [0, 0.05) is 51.3 Å². The van der Waals surface area contributed by atoms with E-state index in [-0.39, 0.29) is 18.6 Å². The molecule has 0 aromatic carbocycles. The second-order valence-corrected chi connectivity index (χ2v) is 7.55. The monoisotopic (exact) mass is 353 g/mol. The van der Waals surface area contributed by atoms with E-state index < -0.39 is 0 Å². The van der Waals surface area contributed by atoms with E-state index in [1.807, 2.05) is 12.3 Å². The van der Waals surface area contributed by atoms with Crippen LogP contribution in [0.2, 0.25) is 0 Å². The number of likely N-dealkylation sites (tertiary alicyclic amines) is 1. The summed E-state index contributed by atoms with van der Waals surface area (Å²) in [5, 5.41) is 20.1. The van der Waals surface area contributed by atoms with E-state index in [4.69, 9.17) is 5.73 Å². The van der Waals surface area contributed by atoms with Crippen LogP contribution in [-0.2, 0) is 0 Å². The molecule has 0 radical (unpaired) electrons. The van der Waals surface area contributed by atoms with Crippen molar-refractivity contribution in [2.45, 2.75) is 24.1 Å². The number of piperidine rings is 1. The van der Waals surface area contributed by atoms with Crippen LogP contribution in [-0.4, -0.2) is 76.8 Å². The Morgan fingerprint density at radius 1 is 1.25 bits per heavy atom. The molecular weight excluding hydrogens is 326 g/mol. The van der Waals surface area contributed by atoms with Crippen molar-refractivity contribution in [3.8, 4) is 0 Å². The van der Waals surface area contributed by atoms with Crippen molar-refractivity contribution in [3.05, 3.63) is 6.07 Å². The fourth-order valence-corrected chi connectivity index (χ4v) is 4.04. The maximum absolute atomic E-state index is 9.78. The first-order valence-electron chi connectivity index (χ1n) is 8.53. The van der Waals surface area contributed by atoms with Gasteiger partial charge in [0.05, 0.1) is 6.10 Å². The minimum atomic E-state index is -0.149. The van der Waals surface area contributed by atoms with Crippen LogP contribution < -0.4 is 10.6 Å². The average Bonchev–Trinajstić information content (AvgIpc) is 2.99. The van der Waals surface area contributed by atoms with Crippen LogP contribution >= 0.6 is 11.8 Å². The van der Waals surface area contributed by atoms with Crippen LogP contribution in [0.4, 0.5) is 11.6 Å². The van der Waals surface area contributed by atoms with E-state index in [0.717, 1.165) is 51.4 Å². The first-order chi connectivity index (χ1) is 11.6. The zero-order valence-electron chi connectivity index (χ0n) is 14.1. The van der Waals surface area contributed by atoms with Gasteiger partial charge >= 0.3 is 0 Å². The van der Waals surface area contributed by atoms with Crippen molar-refractivity contribution in [2.75, 3.05) is 56.2 Å². The van der Waals surface area contributed by atoms with Crippen molar-refractivity contribution in [2.24, 2.45) is 11.8 Å². The normalized spacial score (nSPS) is 26.2. The first-order valence-corrected chi connectivity index (χ1v) is 9.76. The number of aliphatic hydroxyl groups excluding tert-OH is 2. The lowest BCUT2D eigenvalue weighted by Gasteiger charge is -2.32. The maximum atomic E-state index is 9.78. The number of hydrogen-bond donors (Lipinski definition) is 3. The molecule has 0 bridgehead atoms. The predicted octanol–water partition coefficient (Wildman–Crippen LogP) is 0.282. The van der Waals surface area contributed by atoms with E-state index >= 15 is 0 Å². The van der Waals surface area contributed by atoms with Crippen molar-refractivity contribution in [1.82, 2.24) is 14.9 Å². The van der Waals surface area contributed by atoms with E-state index in [2.05, 4.69) is 19.8 Å². The highest BCUT2D eigenvalue weighted by Crippen LogP contribution is 2.30. The summed E-state index contributed by atoms with van der Waals surface area (Å²) in [6.07, 6.45) is 3.48. The minimum Gasteiger partial charge on any atom is -0.396 e. The third kappa shape index (κ3) is 4.11. The van der Waals surface area contributed by atoms with Gasteiger partial charge in [0.1, 0.15) is 11.6 Å². The largest absolute Gasteiger partial charge is 0.396 e. The number of nitrogens with two attached hydrogens (primary N) is 1. The summed E-state index contributed by atoms with van der Waals surface area (Å²) in [5.41, 5.74) is 5.89. The lowest BCUT2D eigenvalue weighted by atomic mass is 9.95. The number of rotatable bonds is 5. The van der Waals surface area contributed by atoms with Crippen molar-refractivity contribution >= 4 is 23.4 Å². The smallest absolute Gasteiger partial charge is 0.191 e. The molecule has 1 aromatic rings. The van der Waals surface area contributed by atoms with Crippen LogP contribution in [0.25, 0.3) is 0 Å². The molecule has 2 atom stereocenters. The topological polar surface area (TPSA) is 98.7 Å². The number of nitrogen functional groups attached to an aromatic ring is 1. The van der Waals surface area contributed by atoms with E-state index in [1.165, 1.54) is 11.8 Å². The molecule has 0 aliphatic carbocycles. The number of aliphatic hydroxyl groups is 2. The molecule has 4 N–H and O–H groups in total. The summed E-state index contributed by atoms with van der Waals surface area (Å²) in [5.74, 6) is 1.98. The summed E-state index contributed by atoms with van der Waals surface area (Å²) in [6, 6.07) is 1.81. The fraction of sp³-hybridized carbons (Fsp3) is 0.750. The molecule has 0 unspecified atom stereocenters. The highest BCUT2D eigenvalue weighted by Gasteiger charge is 2.35. The summed E-state index contributed by atoms with van der Waals surface area (Å²) < 4.78 is 0. The molecule has 3 heterocycles. The maximum Gasteiger partial charge on any atom is 0.191 e. The molecule has 134 valence electrons. The molecule has 3 rings (SSSR count). The Labute approximate surface area is 147 Å². The Morgan fingerprint density at radius 3 is 2.62 bits per heavy atom. The van der Waals surface area contributed by atoms with Gasteiger partial charge in [0.2, 0.25) is 0 Å². The quantitative estimate of drug-likeness (QED) is 0.513. The predicted molar refractivity (Wildman–Crippen MR) is 96.2 cm³/mol. The molecule has 7 nitrogen and oxygen atoms in total. The van der Waals surface area contributed by atoms with Crippen molar-refractivity contribution < 1.29 is 10.2 Å². The molecule has 8 heteroatoms. The average molecular weight is 353 g/mol. The molecule has 0 spiro atoms. The molecule has 2 aliphatic heterocycles. The molecule has 1 aromatic heterocycles. The standard InChI is InChI=1S/C16H27N5O2S/c1-24-16-18-14(17)6-15(19-16)21-8-11(12(9-21)10-22)7-20-4-2-13(23)3-5-20/h6,11-13,22-23H,2-5,7-10H2,1H3,(H2,17,18,19)/t11-,12-/m0/s1. The molecule has 0 amide bonds. The van der Waals surface area contributed by atoms with Crippen molar-refractivity contribution in [3.63, 3.8) is 0 Å². The Morgan fingerprint density at radius 2 is 1.96 bits per heavy atom. The molecule has 24 heavy (non-hydrogen) atoms. The highest BCUT2D eigenvalue weighted by molar-refractivity contribution is 7.98. The van der Waals surface area contributed by atoms with E-state index in [9.17, 15) is 10.2 Å². The molecular formula is C16H27N5O2S. The number of anilines is 2. The Bertz CT molecular complexity index is 553. The SMILES string of the molecule is CSc1nc(N)cc(N2C[C@@H](CO)[C@@H](CN3CCC(O)CC3)C2)n1. The molecule has 2 aliphatic rings. The van der Waals surface area contributed by atoms with Gasteiger partial charge in [-0.05, 0) is 25.0 Å². The zero-order chi connectivity index (χ0) is 17.1. The van der Waals surface area contributed by atoms with Gasteiger partial charge in [-0.2, -0.15) is 0 Å². The molecule has 0 saturated carbocycles. The van der Waals surface area contributed by atoms with Gasteiger partial charge < -0.3 is 25.7 Å². The van der Waals surface area contributed by atoms with Crippen LogP contribution in [0.1, 0.15) is 12.8 Å². The lowest BCUT2D eigenvalue weighted by molar-refractivity contribution is 0.0687. The lowest BCUT2D eigenvalue weighted by Crippen LogP contribution is -2.40. The highest BCUT2D eigenvalue weighted by atomic mass is 32.2. The Hall–Kier alpha value is -1.09. The van der Waals surface area contributed by atoms with Gasteiger partial charge in [-0.1, -0.05) is 11.8 Å². The van der Waals surface area contributed by atoms with Crippen LogP contribution in [0, 0.1) is 11.8 Å². The molecule has 2 fully saturated rings. The van der Waals surface area contributed by atoms with Gasteiger partial charge in [-0.3, -0.25) is 0 Å². The first kappa shape index (κ1) is 17.7. The van der Waals surface area contributed by atoms with Gasteiger partial charge in [0.25, 0.3) is 0 Å². The van der Waals surface area contributed by atoms with Crippen LogP contribution in [0.15, 0.2) is 11.2 Å². The Kier molecular flexibility index (Phi) is 5.80. The second kappa shape index (κ2) is 7.86. The molecule has 2 saturated heterocycles. The third-order valence-electron chi connectivity index (χ3n) is 5.08. The van der Waals surface area contributed by atoms with E-state index in [1.54, 1.807) is 0 Å². The van der Waals surface area contributed by atoms with Crippen LogP contribution in [0.5, 0.6) is 0 Å². The van der Waals surface area contributed by atoms with E-state index in [0.29, 0.717) is 16.9 Å². The second-order valence-electron chi connectivity index (χ2n) is 6.78. The summed E-state index contributed by atoms with van der Waals surface area (Å²) >= 11 is 1.48. The number of nitrogens with zero attached hydrogens (tertiary/aromatic N) is 4. The van der Waals surface area contributed by atoms with Gasteiger partial charge in [-0.25, -0.2) is 9.97 Å². The third-order valence-corrected chi connectivity index (χ3v) is 5.63. The Balaban J connectivity index is 1.66. The van der Waals surface area contributed by atoms with Crippen LogP contribution in [0.3, 0.4) is 0 Å². The summed E-state index contributed by atoms with van der Waals surface area (Å²) in [6.45, 7) is 4.69. The fourth-order valence-electron chi connectivity index (χ4n) is 3.66. The summed E-state index contributed by atoms with van der Waals surface area (Å²) in [7, 11) is 0. The minimum absolute atomic E-state index is 0.149.